The molecule has 3 atom stereocenters. The smallest absolute Gasteiger partial charge is 0.322 e. The molecule has 0 aromatic carbocycles. The summed E-state index contributed by atoms with van der Waals surface area (Å²) in [7, 11) is -0.846. The summed E-state index contributed by atoms with van der Waals surface area (Å²) >= 11 is 6.27. The monoisotopic (exact) mass is 484 g/mol. The van der Waals surface area contributed by atoms with E-state index >= 15 is 0 Å². The number of nitrogens with two attached hydrogens (primary N) is 1. The Hall–Kier alpha value is -1.77. The standard InChI is InChI=1S/C16H28N4O7S3/c1-30(27)7-3-2-6-18-16(28)29-9-11(14(24)19-8-13(22)23)20-12(21)5-4-10(17)15(25)26/h10-11H,2-9,17H2,1H3,(H,18,28)(H,19,24)(H,20,21)(H,22,23)(H,25,26)/t10-,11-,30+/m0/s1. The Kier molecular flexibility index (Phi) is 15.0. The third-order valence-electron chi connectivity index (χ3n) is 3.57. The van der Waals surface area contributed by atoms with Crippen LogP contribution in [0.5, 0.6) is 0 Å². The van der Waals surface area contributed by atoms with Gasteiger partial charge in [-0.25, -0.2) is 0 Å². The molecule has 7 N–H and O–H groups in total. The molecule has 11 nitrogen and oxygen atoms in total. The van der Waals surface area contributed by atoms with Crippen LogP contribution in [0.1, 0.15) is 25.7 Å². The number of aliphatic carboxylic acids is 2. The zero-order valence-corrected chi connectivity index (χ0v) is 19.0. The lowest BCUT2D eigenvalue weighted by molar-refractivity contribution is -0.139. The molecule has 14 heteroatoms. The maximum Gasteiger partial charge on any atom is 0.322 e. The second-order valence-corrected chi connectivity index (χ2v) is 9.48. The van der Waals surface area contributed by atoms with E-state index in [0.29, 0.717) is 16.6 Å². The van der Waals surface area contributed by atoms with Crippen molar-refractivity contribution in [3.8, 4) is 0 Å². The SMILES string of the molecule is C[S@@](=O)CCCCNC(=S)SC[C@H](NC(=O)CC[C@H](N)C(=O)O)C(=O)NCC(=O)O. The summed E-state index contributed by atoms with van der Waals surface area (Å²) in [6, 6.07) is -2.27. The van der Waals surface area contributed by atoms with Crippen LogP contribution < -0.4 is 21.7 Å². The van der Waals surface area contributed by atoms with E-state index in [2.05, 4.69) is 16.0 Å². The van der Waals surface area contributed by atoms with Crippen molar-refractivity contribution in [2.75, 3.05) is 30.9 Å². The van der Waals surface area contributed by atoms with Gasteiger partial charge in [0.1, 0.15) is 22.9 Å². The van der Waals surface area contributed by atoms with Gasteiger partial charge >= 0.3 is 11.9 Å². The molecule has 0 aromatic rings. The van der Waals surface area contributed by atoms with E-state index in [1.807, 2.05) is 0 Å². The van der Waals surface area contributed by atoms with Crippen LogP contribution >= 0.6 is 24.0 Å². The normalized spacial score (nSPS) is 13.5. The summed E-state index contributed by atoms with van der Waals surface area (Å²) in [4.78, 5) is 45.6. The number of carbonyl (C=O) groups is 4. The summed E-state index contributed by atoms with van der Waals surface area (Å²) in [5, 5.41) is 25.1. The lowest BCUT2D eigenvalue weighted by Gasteiger charge is -2.18. The second-order valence-electron chi connectivity index (χ2n) is 6.22. The van der Waals surface area contributed by atoms with Gasteiger partial charge in [-0.3, -0.25) is 23.4 Å². The molecule has 172 valence electrons. The number of thioether (sulfide) groups is 1. The molecule has 30 heavy (non-hydrogen) atoms. The molecule has 0 saturated heterocycles. The van der Waals surface area contributed by atoms with Crippen LogP contribution in [0.2, 0.25) is 0 Å². The van der Waals surface area contributed by atoms with Crippen molar-refractivity contribution in [2.45, 2.75) is 37.8 Å². The first-order chi connectivity index (χ1) is 14.0. The molecule has 0 spiro atoms. The Labute approximate surface area is 186 Å². The molecule has 0 fully saturated rings. The number of hydrogen-bond acceptors (Lipinski definition) is 8. The van der Waals surface area contributed by atoms with Gasteiger partial charge in [-0.1, -0.05) is 24.0 Å². The van der Waals surface area contributed by atoms with Crippen molar-refractivity contribution in [2.24, 2.45) is 5.73 Å². The van der Waals surface area contributed by atoms with Crippen LogP contribution in [0, 0.1) is 0 Å². The van der Waals surface area contributed by atoms with Crippen LogP contribution in [0.3, 0.4) is 0 Å². The third kappa shape index (κ3) is 15.1. The van der Waals surface area contributed by atoms with Crippen molar-refractivity contribution in [1.82, 2.24) is 16.0 Å². The Bertz CT molecular complexity index is 648. The first-order valence-corrected chi connectivity index (χ1v) is 12.1. The third-order valence-corrected chi connectivity index (χ3v) is 5.84. The van der Waals surface area contributed by atoms with E-state index in [1.54, 1.807) is 6.26 Å². The predicted octanol–water partition coefficient (Wildman–Crippen LogP) is -1.37. The molecule has 2 amide bonds. The fourth-order valence-corrected chi connectivity index (χ4v) is 3.65. The number of rotatable bonds is 15. The molecule has 0 bridgehead atoms. The van der Waals surface area contributed by atoms with Gasteiger partial charge in [0.2, 0.25) is 11.8 Å². The van der Waals surface area contributed by atoms with Crippen LogP contribution in [-0.4, -0.2) is 85.4 Å². The number of hydrogen-bond donors (Lipinski definition) is 6. The van der Waals surface area contributed by atoms with Gasteiger partial charge in [0.25, 0.3) is 0 Å². The van der Waals surface area contributed by atoms with Gasteiger partial charge in [-0.2, -0.15) is 0 Å². The molecule has 0 aliphatic rings. The van der Waals surface area contributed by atoms with E-state index in [0.717, 1.165) is 24.6 Å². The number of amides is 2. The van der Waals surface area contributed by atoms with Crippen LogP contribution in [0.25, 0.3) is 0 Å². The van der Waals surface area contributed by atoms with E-state index in [1.165, 1.54) is 0 Å². The minimum absolute atomic E-state index is 0.0486. The first-order valence-electron chi connectivity index (χ1n) is 9.00. The summed E-state index contributed by atoms with van der Waals surface area (Å²) in [5.41, 5.74) is 5.35. The van der Waals surface area contributed by atoms with Crippen LogP contribution in [0.4, 0.5) is 0 Å². The number of carbonyl (C=O) groups excluding carboxylic acids is 2. The number of thiocarbonyl (C=S) groups is 1. The Balaban J connectivity index is 4.58. The molecule has 0 aliphatic heterocycles. The van der Waals surface area contributed by atoms with E-state index in [-0.39, 0.29) is 18.6 Å². The number of nitrogens with one attached hydrogen (secondary N) is 3. The van der Waals surface area contributed by atoms with E-state index < -0.39 is 53.2 Å². The van der Waals surface area contributed by atoms with E-state index in [9.17, 15) is 23.4 Å². The molecule has 0 radical (unpaired) electrons. The van der Waals surface area contributed by atoms with Crippen LogP contribution in [0.15, 0.2) is 0 Å². The average Bonchev–Trinajstić information content (AvgIpc) is 2.66. The lowest BCUT2D eigenvalue weighted by atomic mass is 10.1. The maximum absolute atomic E-state index is 12.2. The zero-order valence-electron chi connectivity index (χ0n) is 16.5. The Morgan fingerprint density at radius 3 is 2.40 bits per heavy atom. The van der Waals surface area contributed by atoms with Crippen molar-refractivity contribution in [3.63, 3.8) is 0 Å². The number of carboxylic acid groups (broad SMARTS) is 2. The number of unbranched alkanes of at least 4 members (excludes halogenated alkanes) is 1. The maximum atomic E-state index is 12.2. The molecular formula is C16H28N4O7S3. The summed E-state index contributed by atoms with van der Waals surface area (Å²) in [6.07, 6.45) is 2.86. The summed E-state index contributed by atoms with van der Waals surface area (Å²) in [6.45, 7) is -0.0421. The molecule has 0 aromatic heterocycles. The van der Waals surface area contributed by atoms with Gasteiger partial charge in [-0.15, -0.1) is 0 Å². The predicted molar refractivity (Wildman–Crippen MR) is 119 cm³/mol. The summed E-state index contributed by atoms with van der Waals surface area (Å²) < 4.78 is 11.4. The average molecular weight is 485 g/mol. The van der Waals surface area contributed by atoms with Crippen LogP contribution in [-0.2, 0) is 30.0 Å². The lowest BCUT2D eigenvalue weighted by Crippen LogP contribution is -2.49. The van der Waals surface area contributed by atoms with Crippen molar-refractivity contribution in [3.05, 3.63) is 0 Å². The molecule has 0 heterocycles. The molecule has 0 saturated carbocycles. The first kappa shape index (κ1) is 28.2. The minimum atomic E-state index is -1.24. The largest absolute Gasteiger partial charge is 0.480 e. The fraction of sp³-hybridized carbons (Fsp3) is 0.688. The number of carboxylic acids is 2. The second kappa shape index (κ2) is 16.0. The van der Waals surface area contributed by atoms with Gasteiger partial charge in [-0.05, 0) is 19.3 Å². The molecular weight excluding hydrogens is 456 g/mol. The molecule has 0 aliphatic carbocycles. The van der Waals surface area contributed by atoms with E-state index in [4.69, 9.17) is 28.2 Å². The Morgan fingerprint density at radius 2 is 1.83 bits per heavy atom. The van der Waals surface area contributed by atoms with Crippen molar-refractivity contribution >= 4 is 62.9 Å². The molecule has 0 unspecified atom stereocenters. The Morgan fingerprint density at radius 1 is 1.17 bits per heavy atom. The topological polar surface area (TPSA) is 188 Å². The van der Waals surface area contributed by atoms with Gasteiger partial charge < -0.3 is 31.9 Å². The van der Waals surface area contributed by atoms with Gasteiger partial charge in [0, 0.05) is 41.5 Å². The highest BCUT2D eigenvalue weighted by molar-refractivity contribution is 8.23. The van der Waals surface area contributed by atoms with Crippen molar-refractivity contribution in [1.29, 1.82) is 0 Å². The highest BCUT2D eigenvalue weighted by atomic mass is 32.2. The highest BCUT2D eigenvalue weighted by Crippen LogP contribution is 2.07. The quantitative estimate of drug-likeness (QED) is 0.119. The highest BCUT2D eigenvalue weighted by Gasteiger charge is 2.23. The molecule has 0 rings (SSSR count). The minimum Gasteiger partial charge on any atom is -0.480 e. The van der Waals surface area contributed by atoms with Gasteiger partial charge in [0.15, 0.2) is 0 Å². The van der Waals surface area contributed by atoms with Gasteiger partial charge in [0.05, 0.1) is 0 Å². The fourth-order valence-electron chi connectivity index (χ4n) is 1.98. The summed E-state index contributed by atoms with van der Waals surface area (Å²) in [5.74, 6) is -3.12. The zero-order chi connectivity index (χ0) is 23.1. The van der Waals surface area contributed by atoms with Crippen molar-refractivity contribution < 1.29 is 33.6 Å².